The van der Waals surface area contributed by atoms with Gasteiger partial charge in [0.2, 0.25) is 5.95 Å². The van der Waals surface area contributed by atoms with Crippen LogP contribution in [-0.4, -0.2) is 4.98 Å². The molecule has 0 saturated heterocycles. The second kappa shape index (κ2) is 3.74. The molecule has 0 radical (unpaired) electrons. The minimum atomic E-state index is -2.66. The van der Waals surface area contributed by atoms with Gasteiger partial charge in [-0.05, 0) is 31.9 Å². The predicted octanol–water partition coefficient (Wildman–Crippen LogP) is 3.68. The Morgan fingerprint density at radius 3 is 2.33 bits per heavy atom. The van der Waals surface area contributed by atoms with Gasteiger partial charge < -0.3 is 0 Å². The molecule has 1 heterocycles. The van der Waals surface area contributed by atoms with Crippen LogP contribution in [0.15, 0.2) is 15.1 Å². The number of hydrogen-bond donors (Lipinski definition) is 0. The molecule has 0 aliphatic heterocycles. The number of rotatable bonds is 1. The van der Waals surface area contributed by atoms with E-state index in [9.17, 15) is 13.2 Å². The molecule has 1 nitrogen and oxygen atoms in total. The van der Waals surface area contributed by atoms with Gasteiger partial charge >= 0.3 is 0 Å². The van der Waals surface area contributed by atoms with Crippen molar-refractivity contribution >= 4 is 31.9 Å². The van der Waals surface area contributed by atoms with Crippen molar-refractivity contribution in [1.82, 2.24) is 4.98 Å². The van der Waals surface area contributed by atoms with Crippen LogP contribution in [0.4, 0.5) is 13.2 Å². The summed E-state index contributed by atoms with van der Waals surface area (Å²) in [6.45, 7) is 0. The third kappa shape index (κ3) is 1.80. The van der Waals surface area contributed by atoms with Crippen LogP contribution in [0.3, 0.4) is 0 Å². The molecule has 12 heavy (non-hydrogen) atoms. The van der Waals surface area contributed by atoms with E-state index in [0.29, 0.717) is 0 Å². The van der Waals surface area contributed by atoms with Gasteiger partial charge in [0, 0.05) is 10.7 Å². The molecule has 1 aromatic rings. The van der Waals surface area contributed by atoms with Crippen molar-refractivity contribution in [2.75, 3.05) is 0 Å². The number of alkyl halides is 2. The predicted molar refractivity (Wildman–Crippen MR) is 44.6 cm³/mol. The Morgan fingerprint density at radius 2 is 1.83 bits per heavy atom. The van der Waals surface area contributed by atoms with E-state index >= 15 is 0 Å². The molecule has 0 aliphatic rings. The largest absolute Gasteiger partial charge is 0.266 e. The monoisotopic (exact) mass is 303 g/mol. The first-order chi connectivity index (χ1) is 5.54. The summed E-state index contributed by atoms with van der Waals surface area (Å²) >= 11 is 5.61. The summed E-state index contributed by atoms with van der Waals surface area (Å²) in [6.07, 6.45) is -1.86. The highest BCUT2D eigenvalue weighted by Crippen LogP contribution is 2.33. The second-order valence-electron chi connectivity index (χ2n) is 1.93. The van der Waals surface area contributed by atoms with E-state index in [-0.39, 0.29) is 14.5 Å². The zero-order chi connectivity index (χ0) is 9.30. The van der Waals surface area contributed by atoms with Gasteiger partial charge in [-0.2, -0.15) is 4.39 Å². The first-order valence-corrected chi connectivity index (χ1v) is 4.40. The van der Waals surface area contributed by atoms with Gasteiger partial charge in [0.05, 0.1) is 10.0 Å². The zero-order valence-electron chi connectivity index (χ0n) is 5.49. The van der Waals surface area contributed by atoms with Crippen LogP contribution in [0.5, 0.6) is 0 Å². The van der Waals surface area contributed by atoms with E-state index in [1.54, 1.807) is 0 Å². The van der Waals surface area contributed by atoms with E-state index in [0.717, 1.165) is 6.20 Å². The number of aromatic nitrogens is 1. The van der Waals surface area contributed by atoms with Crippen molar-refractivity contribution in [2.24, 2.45) is 0 Å². The smallest absolute Gasteiger partial charge is 0.227 e. The molecule has 0 atom stereocenters. The molecule has 1 rings (SSSR count). The van der Waals surface area contributed by atoms with E-state index < -0.39 is 12.4 Å². The van der Waals surface area contributed by atoms with Crippen molar-refractivity contribution in [3.05, 3.63) is 26.7 Å². The molecule has 0 saturated carbocycles. The maximum Gasteiger partial charge on any atom is 0.266 e. The van der Waals surface area contributed by atoms with Gasteiger partial charge in [-0.15, -0.1) is 0 Å². The summed E-state index contributed by atoms with van der Waals surface area (Å²) in [5.41, 5.74) is -0.330. The van der Waals surface area contributed by atoms with E-state index in [4.69, 9.17) is 0 Å². The van der Waals surface area contributed by atoms with Crippen LogP contribution >= 0.6 is 31.9 Å². The highest BCUT2D eigenvalue weighted by molar-refractivity contribution is 9.13. The Labute approximate surface area is 83.2 Å². The zero-order valence-corrected chi connectivity index (χ0v) is 8.66. The van der Waals surface area contributed by atoms with Crippen LogP contribution in [0, 0.1) is 5.95 Å². The van der Waals surface area contributed by atoms with Crippen LogP contribution in [0.25, 0.3) is 0 Å². The Hall–Kier alpha value is -0.100. The Kier molecular flexibility index (Phi) is 3.11. The van der Waals surface area contributed by atoms with Gasteiger partial charge in [0.25, 0.3) is 6.43 Å². The first-order valence-electron chi connectivity index (χ1n) is 2.81. The topological polar surface area (TPSA) is 12.9 Å². The fraction of sp³-hybridized carbons (Fsp3) is 0.167. The lowest BCUT2D eigenvalue weighted by atomic mass is 10.3. The van der Waals surface area contributed by atoms with Gasteiger partial charge in [0.1, 0.15) is 0 Å². The standard InChI is InChI=1S/C6H2Br2F3N/c7-3-2(5(9)10)1-12-6(11)4(3)8/h1,5H. The highest BCUT2D eigenvalue weighted by atomic mass is 79.9. The molecule has 0 N–H and O–H groups in total. The number of hydrogen-bond acceptors (Lipinski definition) is 1. The Bertz CT molecular complexity index is 303. The normalized spacial score (nSPS) is 10.8. The fourth-order valence-corrected chi connectivity index (χ4v) is 1.38. The molecule has 6 heteroatoms. The van der Waals surface area contributed by atoms with Gasteiger partial charge in [0.15, 0.2) is 0 Å². The molecule has 66 valence electrons. The van der Waals surface area contributed by atoms with Gasteiger partial charge in [-0.3, -0.25) is 0 Å². The second-order valence-corrected chi connectivity index (χ2v) is 3.52. The van der Waals surface area contributed by atoms with E-state index in [2.05, 4.69) is 36.8 Å². The maximum absolute atomic E-state index is 12.6. The lowest BCUT2D eigenvalue weighted by molar-refractivity contribution is 0.149. The molecule has 0 spiro atoms. The SMILES string of the molecule is Fc1ncc(C(F)F)c(Br)c1Br. The molecular formula is C6H2Br2F3N. The minimum absolute atomic E-state index is 0.00463. The molecule has 0 aliphatic carbocycles. The van der Waals surface area contributed by atoms with Crippen LogP contribution < -0.4 is 0 Å². The average Bonchev–Trinajstić information content (AvgIpc) is 2.00. The first kappa shape index (κ1) is 9.98. The van der Waals surface area contributed by atoms with Crippen molar-refractivity contribution in [3.63, 3.8) is 0 Å². The Balaban J connectivity index is 3.27. The van der Waals surface area contributed by atoms with Crippen LogP contribution in [0.1, 0.15) is 12.0 Å². The summed E-state index contributed by atoms with van der Waals surface area (Å²) in [5, 5.41) is 0. The van der Waals surface area contributed by atoms with Crippen molar-refractivity contribution in [2.45, 2.75) is 6.43 Å². The lowest BCUT2D eigenvalue weighted by Crippen LogP contribution is -1.93. The maximum atomic E-state index is 12.6. The third-order valence-electron chi connectivity index (χ3n) is 1.18. The summed E-state index contributed by atoms with van der Waals surface area (Å²) < 4.78 is 36.8. The van der Waals surface area contributed by atoms with E-state index in [1.165, 1.54) is 0 Å². The van der Waals surface area contributed by atoms with Gasteiger partial charge in [-0.1, -0.05) is 0 Å². The average molecular weight is 305 g/mol. The quantitative estimate of drug-likeness (QED) is 0.721. The number of halogens is 5. The molecule has 0 bridgehead atoms. The number of nitrogens with zero attached hydrogens (tertiary/aromatic N) is 1. The minimum Gasteiger partial charge on any atom is -0.227 e. The van der Waals surface area contributed by atoms with Crippen molar-refractivity contribution in [1.29, 1.82) is 0 Å². The summed E-state index contributed by atoms with van der Waals surface area (Å²) in [7, 11) is 0. The Morgan fingerprint density at radius 1 is 1.25 bits per heavy atom. The fourth-order valence-electron chi connectivity index (χ4n) is 0.609. The van der Waals surface area contributed by atoms with Crippen LogP contribution in [0.2, 0.25) is 0 Å². The lowest BCUT2D eigenvalue weighted by Gasteiger charge is -2.03. The summed E-state index contributed by atoms with van der Waals surface area (Å²) in [6, 6.07) is 0. The summed E-state index contributed by atoms with van der Waals surface area (Å²) in [5.74, 6) is -0.814. The summed E-state index contributed by atoms with van der Waals surface area (Å²) in [4.78, 5) is 3.14. The molecular weight excluding hydrogens is 303 g/mol. The van der Waals surface area contributed by atoms with E-state index in [1.807, 2.05) is 0 Å². The van der Waals surface area contributed by atoms with Crippen molar-refractivity contribution in [3.8, 4) is 0 Å². The third-order valence-corrected chi connectivity index (χ3v) is 3.29. The molecule has 0 aromatic carbocycles. The molecule has 1 aromatic heterocycles. The molecule has 0 amide bonds. The highest BCUT2D eigenvalue weighted by Gasteiger charge is 2.16. The van der Waals surface area contributed by atoms with Gasteiger partial charge in [-0.25, -0.2) is 13.8 Å². The molecule has 0 fully saturated rings. The number of pyridine rings is 1. The molecule has 0 unspecified atom stereocenters. The van der Waals surface area contributed by atoms with Crippen molar-refractivity contribution < 1.29 is 13.2 Å². The van der Waals surface area contributed by atoms with Crippen LogP contribution in [-0.2, 0) is 0 Å².